The van der Waals surface area contributed by atoms with Gasteiger partial charge in [0.25, 0.3) is 0 Å². The molecule has 8 nitrogen and oxygen atoms in total. The number of aromatic nitrogens is 2. The number of anilines is 1. The van der Waals surface area contributed by atoms with Crippen molar-refractivity contribution in [2.75, 3.05) is 25.0 Å². The first kappa shape index (κ1) is 13.5. The third-order valence-corrected chi connectivity index (χ3v) is 3.51. The van der Waals surface area contributed by atoms with Gasteiger partial charge in [0.1, 0.15) is 0 Å². The summed E-state index contributed by atoms with van der Waals surface area (Å²) in [6.45, 7) is 2.68. The topological polar surface area (TPSA) is 106 Å². The highest BCUT2D eigenvalue weighted by atomic mass is 16.6. The number of nitro groups is 1. The number of benzene rings is 1. The molecule has 110 valence electrons. The summed E-state index contributed by atoms with van der Waals surface area (Å²) in [5.74, 6) is 0. The van der Waals surface area contributed by atoms with E-state index in [9.17, 15) is 10.1 Å². The van der Waals surface area contributed by atoms with Crippen LogP contribution in [-0.2, 0) is 0 Å². The molecule has 1 aromatic heterocycles. The van der Waals surface area contributed by atoms with Crippen LogP contribution in [0.4, 0.5) is 11.4 Å². The van der Waals surface area contributed by atoms with Crippen molar-refractivity contribution in [1.82, 2.24) is 15.6 Å². The molecule has 0 atom stereocenters. The van der Waals surface area contributed by atoms with Gasteiger partial charge in [-0.25, -0.2) is 4.63 Å². The van der Waals surface area contributed by atoms with Crippen LogP contribution in [0, 0.1) is 10.1 Å². The number of hydrogen-bond donors (Lipinski definition) is 2. The summed E-state index contributed by atoms with van der Waals surface area (Å²) < 4.78 is 4.63. The fourth-order valence-electron chi connectivity index (χ4n) is 2.40. The van der Waals surface area contributed by atoms with E-state index in [0.717, 1.165) is 32.5 Å². The maximum atomic E-state index is 10.9. The van der Waals surface area contributed by atoms with E-state index in [1.807, 2.05) is 0 Å². The van der Waals surface area contributed by atoms with Gasteiger partial charge in [-0.05, 0) is 35.8 Å². The van der Waals surface area contributed by atoms with Crippen molar-refractivity contribution in [2.45, 2.75) is 12.8 Å². The number of nitrogens with one attached hydrogen (secondary N) is 2. The van der Waals surface area contributed by atoms with Crippen molar-refractivity contribution in [3.8, 4) is 0 Å². The van der Waals surface area contributed by atoms with Gasteiger partial charge in [-0.1, -0.05) is 11.6 Å². The lowest BCUT2D eigenvalue weighted by Crippen LogP contribution is -2.21. The maximum Gasteiger partial charge on any atom is 0.300 e. The molecule has 21 heavy (non-hydrogen) atoms. The third kappa shape index (κ3) is 2.84. The number of nitro benzene ring substituents is 1. The number of nitrogens with zero attached hydrogens (tertiary/aromatic N) is 3. The second-order valence-corrected chi connectivity index (χ2v) is 4.84. The Morgan fingerprint density at radius 1 is 1.38 bits per heavy atom. The standard InChI is InChI=1S/C13H15N5O3/c19-18(20)11-2-1-10(12-13(11)17-21-16-12)15-8-5-9-3-6-14-7-4-9/h1-3,14-15H,4-8H2. The maximum absolute atomic E-state index is 10.9. The highest BCUT2D eigenvalue weighted by Gasteiger charge is 2.19. The number of hydrogen-bond acceptors (Lipinski definition) is 7. The van der Waals surface area contributed by atoms with Gasteiger partial charge in [-0.15, -0.1) is 0 Å². The summed E-state index contributed by atoms with van der Waals surface area (Å²) >= 11 is 0. The van der Waals surface area contributed by atoms with E-state index in [4.69, 9.17) is 0 Å². The lowest BCUT2D eigenvalue weighted by molar-refractivity contribution is -0.383. The minimum Gasteiger partial charge on any atom is -0.383 e. The summed E-state index contributed by atoms with van der Waals surface area (Å²) in [4.78, 5) is 10.4. The van der Waals surface area contributed by atoms with Crippen LogP contribution in [0.2, 0.25) is 0 Å². The SMILES string of the molecule is O=[N+]([O-])c1ccc(NCCC2=CCNCC2)c2nonc12. The van der Waals surface area contributed by atoms with Crippen LogP contribution in [-0.4, -0.2) is 34.9 Å². The predicted octanol–water partition coefficient (Wildman–Crippen LogP) is 1.85. The molecule has 0 fully saturated rings. The van der Waals surface area contributed by atoms with Gasteiger partial charge in [0, 0.05) is 19.2 Å². The molecular formula is C13H15N5O3. The zero-order valence-corrected chi connectivity index (χ0v) is 11.3. The summed E-state index contributed by atoms with van der Waals surface area (Å²) in [5.41, 5.74) is 2.58. The van der Waals surface area contributed by atoms with Crippen LogP contribution in [0.5, 0.6) is 0 Å². The van der Waals surface area contributed by atoms with Crippen molar-refractivity contribution < 1.29 is 9.55 Å². The van der Waals surface area contributed by atoms with E-state index in [1.165, 1.54) is 11.6 Å². The third-order valence-electron chi connectivity index (χ3n) is 3.51. The minimum atomic E-state index is -0.490. The quantitative estimate of drug-likeness (QED) is 0.491. The lowest BCUT2D eigenvalue weighted by atomic mass is 10.1. The minimum absolute atomic E-state index is 0.0992. The molecule has 1 aliphatic heterocycles. The average Bonchev–Trinajstić information content (AvgIpc) is 2.98. The molecular weight excluding hydrogens is 274 g/mol. The molecule has 0 saturated heterocycles. The summed E-state index contributed by atoms with van der Waals surface area (Å²) in [5, 5.41) is 24.8. The summed E-state index contributed by atoms with van der Waals surface area (Å²) in [6, 6.07) is 3.06. The monoisotopic (exact) mass is 289 g/mol. The first-order valence-corrected chi connectivity index (χ1v) is 6.78. The van der Waals surface area contributed by atoms with E-state index in [-0.39, 0.29) is 11.2 Å². The van der Waals surface area contributed by atoms with Crippen LogP contribution in [0.3, 0.4) is 0 Å². The van der Waals surface area contributed by atoms with E-state index >= 15 is 0 Å². The second kappa shape index (κ2) is 5.88. The molecule has 2 N–H and O–H groups in total. The highest BCUT2D eigenvalue weighted by molar-refractivity contribution is 5.93. The van der Waals surface area contributed by atoms with Gasteiger partial charge in [-0.2, -0.15) is 0 Å². The first-order chi connectivity index (χ1) is 10.3. The van der Waals surface area contributed by atoms with Crippen molar-refractivity contribution in [3.63, 3.8) is 0 Å². The lowest BCUT2D eigenvalue weighted by Gasteiger charge is -2.14. The smallest absolute Gasteiger partial charge is 0.300 e. The Labute approximate surface area is 120 Å². The van der Waals surface area contributed by atoms with Crippen LogP contribution in [0.25, 0.3) is 11.0 Å². The zero-order chi connectivity index (χ0) is 14.7. The second-order valence-electron chi connectivity index (χ2n) is 4.84. The Bertz CT molecular complexity index is 694. The Kier molecular flexibility index (Phi) is 3.78. The molecule has 1 aliphatic rings. The van der Waals surface area contributed by atoms with Crippen LogP contribution in [0.15, 0.2) is 28.4 Å². The van der Waals surface area contributed by atoms with Crippen molar-refractivity contribution in [2.24, 2.45) is 0 Å². The molecule has 0 aliphatic carbocycles. The molecule has 2 heterocycles. The normalized spacial score (nSPS) is 15.0. The van der Waals surface area contributed by atoms with Gasteiger partial charge < -0.3 is 10.6 Å². The van der Waals surface area contributed by atoms with Crippen molar-refractivity contribution >= 4 is 22.4 Å². The molecule has 0 saturated carbocycles. The first-order valence-electron chi connectivity index (χ1n) is 6.78. The number of non-ortho nitro benzene ring substituents is 1. The van der Waals surface area contributed by atoms with Crippen LogP contribution < -0.4 is 10.6 Å². The Morgan fingerprint density at radius 3 is 3.00 bits per heavy atom. The highest BCUT2D eigenvalue weighted by Crippen LogP contribution is 2.28. The van der Waals surface area contributed by atoms with E-state index < -0.39 is 4.92 Å². The fraction of sp³-hybridized carbons (Fsp3) is 0.385. The Morgan fingerprint density at radius 2 is 2.24 bits per heavy atom. The fourth-order valence-corrected chi connectivity index (χ4v) is 2.40. The summed E-state index contributed by atoms with van der Waals surface area (Å²) in [6.07, 6.45) is 4.20. The Balaban J connectivity index is 1.72. The van der Waals surface area contributed by atoms with Gasteiger partial charge >= 0.3 is 5.69 Å². The van der Waals surface area contributed by atoms with Gasteiger partial charge in [0.15, 0.2) is 5.52 Å². The molecule has 0 unspecified atom stereocenters. The van der Waals surface area contributed by atoms with Crippen molar-refractivity contribution in [3.05, 3.63) is 33.9 Å². The number of fused-ring (bicyclic) bond motifs is 1. The Hall–Kier alpha value is -2.48. The largest absolute Gasteiger partial charge is 0.383 e. The van der Waals surface area contributed by atoms with Crippen LogP contribution >= 0.6 is 0 Å². The average molecular weight is 289 g/mol. The van der Waals surface area contributed by atoms with E-state index in [2.05, 4.69) is 31.7 Å². The molecule has 3 rings (SSSR count). The molecule has 0 spiro atoms. The van der Waals surface area contributed by atoms with Gasteiger partial charge in [-0.3, -0.25) is 10.1 Å². The predicted molar refractivity (Wildman–Crippen MR) is 77.1 cm³/mol. The number of rotatable bonds is 5. The molecule has 1 aromatic carbocycles. The molecule has 0 amide bonds. The van der Waals surface area contributed by atoms with E-state index in [1.54, 1.807) is 6.07 Å². The van der Waals surface area contributed by atoms with Crippen molar-refractivity contribution in [1.29, 1.82) is 0 Å². The molecule has 2 aromatic rings. The molecule has 0 radical (unpaired) electrons. The molecule has 0 bridgehead atoms. The van der Waals surface area contributed by atoms with Gasteiger partial charge in [0.2, 0.25) is 5.52 Å². The summed E-state index contributed by atoms with van der Waals surface area (Å²) in [7, 11) is 0. The van der Waals surface area contributed by atoms with Gasteiger partial charge in [0.05, 0.1) is 10.6 Å². The molecule has 8 heteroatoms. The van der Waals surface area contributed by atoms with E-state index in [0.29, 0.717) is 11.2 Å². The van der Waals surface area contributed by atoms with Crippen LogP contribution in [0.1, 0.15) is 12.8 Å². The zero-order valence-electron chi connectivity index (χ0n) is 11.3.